The summed E-state index contributed by atoms with van der Waals surface area (Å²) in [6.07, 6.45) is -1.18. The lowest BCUT2D eigenvalue weighted by Gasteiger charge is -2.17. The van der Waals surface area contributed by atoms with Crippen molar-refractivity contribution in [1.29, 1.82) is 0 Å². The molecule has 1 atom stereocenters. The zero-order valence-corrected chi connectivity index (χ0v) is 19.8. The second-order valence-electron chi connectivity index (χ2n) is 8.33. The Kier molecular flexibility index (Phi) is 6.34. The van der Waals surface area contributed by atoms with Crippen LogP contribution in [0.15, 0.2) is 103 Å². The normalized spacial score (nSPS) is 13.2. The van der Waals surface area contributed by atoms with Crippen molar-refractivity contribution in [1.82, 2.24) is 0 Å². The van der Waals surface area contributed by atoms with Crippen molar-refractivity contribution in [3.05, 3.63) is 131 Å². The van der Waals surface area contributed by atoms with Crippen LogP contribution in [0.1, 0.15) is 53.1 Å². The van der Waals surface area contributed by atoms with Crippen LogP contribution in [0, 0.1) is 0 Å². The number of amides is 2. The minimum absolute atomic E-state index is 0.0540. The van der Waals surface area contributed by atoms with Gasteiger partial charge in [0.25, 0.3) is 11.8 Å². The van der Waals surface area contributed by atoms with E-state index in [1.54, 1.807) is 84.9 Å². The van der Waals surface area contributed by atoms with E-state index in [1.165, 1.54) is 25.3 Å². The van der Waals surface area contributed by atoms with Crippen LogP contribution in [0.2, 0.25) is 0 Å². The number of anilines is 1. The number of hydrogen-bond acceptors (Lipinski definition) is 6. The summed E-state index contributed by atoms with van der Waals surface area (Å²) in [6.45, 7) is 0. The quantitative estimate of drug-likeness (QED) is 0.199. The first-order valence-corrected chi connectivity index (χ1v) is 11.5. The highest BCUT2D eigenvalue weighted by Crippen LogP contribution is 2.31. The predicted octanol–water partition coefficient (Wildman–Crippen LogP) is 5.28. The fourth-order valence-electron chi connectivity index (χ4n) is 4.16. The predicted molar refractivity (Wildman–Crippen MR) is 136 cm³/mol. The molecule has 1 heterocycles. The molecule has 0 bridgehead atoms. The summed E-state index contributed by atoms with van der Waals surface area (Å²) in [6, 6.07) is 27.9. The van der Waals surface area contributed by atoms with Gasteiger partial charge in [-0.1, -0.05) is 60.7 Å². The van der Waals surface area contributed by atoms with Crippen molar-refractivity contribution in [2.45, 2.75) is 6.10 Å². The molecule has 182 valence electrons. The first-order chi connectivity index (χ1) is 18.0. The molecular weight excluding hydrogens is 470 g/mol. The van der Waals surface area contributed by atoms with Crippen molar-refractivity contribution in [3.8, 4) is 5.75 Å². The molecule has 0 saturated carbocycles. The van der Waals surface area contributed by atoms with Gasteiger partial charge in [-0.15, -0.1) is 0 Å². The van der Waals surface area contributed by atoms with Crippen LogP contribution in [0.5, 0.6) is 5.75 Å². The number of ether oxygens (including phenoxy) is 2. The number of carbonyl (C=O) groups excluding carboxylic acids is 4. The Labute approximate surface area is 212 Å². The van der Waals surface area contributed by atoms with E-state index in [1.807, 2.05) is 0 Å². The van der Waals surface area contributed by atoms with Crippen LogP contribution in [0.25, 0.3) is 0 Å². The Hall–Kier alpha value is -5.04. The van der Waals surface area contributed by atoms with Crippen molar-refractivity contribution in [3.63, 3.8) is 0 Å². The number of imide groups is 1. The third-order valence-electron chi connectivity index (χ3n) is 6.08. The average Bonchev–Trinajstić information content (AvgIpc) is 3.21. The lowest BCUT2D eigenvalue weighted by Crippen LogP contribution is -2.29. The standard InChI is InChI=1S/C30H21NO6/c1-36-23-15-13-22(14-16-23)31-28(33)24-17-12-21(18-25(24)29(31)34)30(35)37-27(20-10-6-3-7-11-20)26(32)19-8-4-2-5-9-19/h2-18,27H,1H3/t27-/m0/s1. The van der Waals surface area contributed by atoms with E-state index in [4.69, 9.17) is 9.47 Å². The molecule has 1 aliphatic heterocycles. The van der Waals surface area contributed by atoms with E-state index in [0.29, 0.717) is 22.6 Å². The van der Waals surface area contributed by atoms with E-state index in [0.717, 1.165) is 4.90 Å². The van der Waals surface area contributed by atoms with Gasteiger partial charge in [-0.25, -0.2) is 9.69 Å². The summed E-state index contributed by atoms with van der Waals surface area (Å²) in [5, 5.41) is 0. The van der Waals surface area contributed by atoms with E-state index in [-0.39, 0.29) is 22.5 Å². The van der Waals surface area contributed by atoms with Crippen LogP contribution >= 0.6 is 0 Å². The number of esters is 1. The summed E-state index contributed by atoms with van der Waals surface area (Å²) < 4.78 is 10.8. The molecule has 0 fully saturated rings. The largest absolute Gasteiger partial charge is 0.497 e. The van der Waals surface area contributed by atoms with Crippen LogP contribution in [0.3, 0.4) is 0 Å². The Balaban J connectivity index is 1.43. The summed E-state index contributed by atoms with van der Waals surface area (Å²) in [5.41, 5.74) is 1.61. The SMILES string of the molecule is COc1ccc(N2C(=O)c3ccc(C(=O)O[C@H](C(=O)c4ccccc4)c4ccccc4)cc3C2=O)cc1. The number of fused-ring (bicyclic) bond motifs is 1. The zero-order chi connectivity index (χ0) is 25.9. The first-order valence-electron chi connectivity index (χ1n) is 11.5. The minimum atomic E-state index is -1.18. The number of carbonyl (C=O) groups is 4. The summed E-state index contributed by atoms with van der Waals surface area (Å²) in [5.74, 6) is -1.63. The van der Waals surface area contributed by atoms with Gasteiger partial charge in [0.1, 0.15) is 5.75 Å². The molecular formula is C30H21NO6. The molecule has 2 amide bonds. The van der Waals surface area contributed by atoms with Gasteiger partial charge in [-0.05, 0) is 42.5 Å². The average molecular weight is 491 g/mol. The molecule has 1 aliphatic rings. The smallest absolute Gasteiger partial charge is 0.339 e. The zero-order valence-electron chi connectivity index (χ0n) is 19.8. The Morgan fingerprint density at radius 3 is 1.97 bits per heavy atom. The van der Waals surface area contributed by atoms with Gasteiger partial charge >= 0.3 is 5.97 Å². The molecule has 7 nitrogen and oxygen atoms in total. The van der Waals surface area contributed by atoms with Gasteiger partial charge < -0.3 is 9.47 Å². The third-order valence-corrected chi connectivity index (χ3v) is 6.08. The molecule has 5 rings (SSSR count). The molecule has 7 heteroatoms. The lowest BCUT2D eigenvalue weighted by molar-refractivity contribution is 0.0280. The second kappa shape index (κ2) is 9.91. The maximum absolute atomic E-state index is 13.2. The van der Waals surface area contributed by atoms with Gasteiger partial charge in [-0.2, -0.15) is 0 Å². The molecule has 0 radical (unpaired) electrons. The molecule has 0 aliphatic carbocycles. The topological polar surface area (TPSA) is 90.0 Å². The van der Waals surface area contributed by atoms with Crippen molar-refractivity contribution in [2.75, 3.05) is 12.0 Å². The maximum Gasteiger partial charge on any atom is 0.339 e. The molecule has 4 aromatic rings. The van der Waals surface area contributed by atoms with Crippen LogP contribution in [0.4, 0.5) is 5.69 Å². The number of methoxy groups -OCH3 is 1. The van der Waals surface area contributed by atoms with Crippen LogP contribution in [-0.4, -0.2) is 30.7 Å². The molecule has 0 N–H and O–H groups in total. The monoisotopic (exact) mass is 491 g/mol. The number of nitrogens with zero attached hydrogens (tertiary/aromatic N) is 1. The highest BCUT2D eigenvalue weighted by Gasteiger charge is 2.37. The highest BCUT2D eigenvalue weighted by molar-refractivity contribution is 6.34. The minimum Gasteiger partial charge on any atom is -0.497 e. The number of benzene rings is 4. The van der Waals surface area contributed by atoms with E-state index in [2.05, 4.69) is 0 Å². The number of ketones is 1. The van der Waals surface area contributed by atoms with Gasteiger partial charge in [-0.3, -0.25) is 14.4 Å². The maximum atomic E-state index is 13.2. The van der Waals surface area contributed by atoms with Gasteiger partial charge in [0, 0.05) is 11.1 Å². The van der Waals surface area contributed by atoms with E-state index >= 15 is 0 Å². The Morgan fingerprint density at radius 2 is 1.32 bits per heavy atom. The lowest BCUT2D eigenvalue weighted by atomic mass is 9.99. The molecule has 0 spiro atoms. The Bertz CT molecular complexity index is 1500. The molecule has 4 aromatic carbocycles. The van der Waals surface area contributed by atoms with Crippen molar-refractivity contribution >= 4 is 29.3 Å². The fourth-order valence-corrected chi connectivity index (χ4v) is 4.16. The van der Waals surface area contributed by atoms with Gasteiger partial charge in [0.2, 0.25) is 5.78 Å². The summed E-state index contributed by atoms with van der Waals surface area (Å²) >= 11 is 0. The molecule has 0 aromatic heterocycles. The fraction of sp³-hybridized carbons (Fsp3) is 0.0667. The molecule has 0 unspecified atom stereocenters. The van der Waals surface area contributed by atoms with Crippen LogP contribution < -0.4 is 9.64 Å². The molecule has 0 saturated heterocycles. The highest BCUT2D eigenvalue weighted by atomic mass is 16.5. The van der Waals surface area contributed by atoms with E-state index < -0.39 is 23.9 Å². The second-order valence-corrected chi connectivity index (χ2v) is 8.33. The summed E-state index contributed by atoms with van der Waals surface area (Å²) in [4.78, 5) is 53.6. The number of hydrogen-bond donors (Lipinski definition) is 0. The van der Waals surface area contributed by atoms with Gasteiger partial charge in [0.05, 0.1) is 29.5 Å². The van der Waals surface area contributed by atoms with Crippen molar-refractivity contribution < 1.29 is 28.7 Å². The van der Waals surface area contributed by atoms with Crippen LogP contribution in [-0.2, 0) is 4.74 Å². The van der Waals surface area contributed by atoms with E-state index in [9.17, 15) is 19.2 Å². The molecule has 37 heavy (non-hydrogen) atoms. The first kappa shape index (κ1) is 23.7. The Morgan fingerprint density at radius 1 is 0.703 bits per heavy atom. The number of rotatable bonds is 7. The van der Waals surface area contributed by atoms with Gasteiger partial charge in [0.15, 0.2) is 6.10 Å². The summed E-state index contributed by atoms with van der Waals surface area (Å²) in [7, 11) is 1.52. The van der Waals surface area contributed by atoms with Crippen molar-refractivity contribution in [2.24, 2.45) is 0 Å². The third kappa shape index (κ3) is 4.50. The number of Topliss-reactive ketones (excluding diaryl/α,β-unsaturated/α-hetero) is 1.